The quantitative estimate of drug-likeness (QED) is 0.792. The van der Waals surface area contributed by atoms with Crippen LogP contribution in [0.5, 0.6) is 0 Å². The van der Waals surface area contributed by atoms with Gasteiger partial charge in [-0.1, -0.05) is 0 Å². The normalized spacial score (nSPS) is 19.3. The van der Waals surface area contributed by atoms with E-state index in [2.05, 4.69) is 10.3 Å². The number of ether oxygens (including phenoxy) is 1. The summed E-state index contributed by atoms with van der Waals surface area (Å²) in [5.74, 6) is 0.754. The zero-order chi connectivity index (χ0) is 13.7. The maximum absolute atomic E-state index is 12.1. The van der Waals surface area contributed by atoms with Gasteiger partial charge >= 0.3 is 0 Å². The summed E-state index contributed by atoms with van der Waals surface area (Å²) in [6, 6.07) is 3.48. The number of rotatable bonds is 4. The van der Waals surface area contributed by atoms with Crippen molar-refractivity contribution in [2.75, 3.05) is 31.2 Å². The van der Waals surface area contributed by atoms with Gasteiger partial charge in [0.2, 0.25) is 5.91 Å². The number of nitrogens with two attached hydrogens (primary N) is 1. The molecule has 3 N–H and O–H groups in total. The molecule has 0 aromatic carbocycles. The first kappa shape index (κ1) is 13.8. The molecule has 1 aliphatic rings. The van der Waals surface area contributed by atoms with Crippen LogP contribution in [0, 0.1) is 0 Å². The van der Waals surface area contributed by atoms with Gasteiger partial charge in [-0.15, -0.1) is 0 Å². The fourth-order valence-electron chi connectivity index (χ4n) is 2.13. The van der Waals surface area contributed by atoms with Crippen molar-refractivity contribution in [2.24, 2.45) is 5.73 Å². The second-order valence-corrected chi connectivity index (χ2v) is 4.41. The lowest BCUT2D eigenvalue weighted by atomic mass is 10.2. The maximum Gasteiger partial charge on any atom is 0.245 e. The molecule has 1 fully saturated rings. The van der Waals surface area contributed by atoms with E-state index >= 15 is 0 Å². The third-order valence-electron chi connectivity index (χ3n) is 3.12. The number of hydrogen-bond donors (Lipinski definition) is 2. The van der Waals surface area contributed by atoms with E-state index < -0.39 is 0 Å². The molecule has 2 rings (SSSR count). The molecule has 6 heteroatoms. The first-order valence-electron chi connectivity index (χ1n) is 6.53. The zero-order valence-corrected chi connectivity index (χ0v) is 11.1. The fraction of sp³-hybridized carbons (Fsp3) is 0.538. The number of morpholine rings is 1. The highest BCUT2D eigenvalue weighted by Crippen LogP contribution is 2.18. The molecule has 104 valence electrons. The number of aromatic nitrogens is 1. The van der Waals surface area contributed by atoms with Crippen molar-refractivity contribution in [3.63, 3.8) is 0 Å². The molecule has 1 unspecified atom stereocenters. The van der Waals surface area contributed by atoms with Gasteiger partial charge in [0.25, 0.3) is 0 Å². The minimum Gasteiger partial charge on any atom is -0.377 e. The van der Waals surface area contributed by atoms with E-state index in [1.54, 1.807) is 6.20 Å². The summed E-state index contributed by atoms with van der Waals surface area (Å²) in [7, 11) is 0. The highest BCUT2D eigenvalue weighted by Gasteiger charge is 2.30. The Morgan fingerprint density at radius 2 is 2.53 bits per heavy atom. The average Bonchev–Trinajstić information content (AvgIpc) is 2.47. The predicted molar refractivity (Wildman–Crippen MR) is 72.8 cm³/mol. The van der Waals surface area contributed by atoms with E-state index in [-0.39, 0.29) is 11.9 Å². The van der Waals surface area contributed by atoms with Crippen molar-refractivity contribution in [1.29, 1.82) is 0 Å². The van der Waals surface area contributed by atoms with E-state index in [0.29, 0.717) is 32.8 Å². The lowest BCUT2D eigenvalue weighted by molar-refractivity contribution is -0.124. The second-order valence-electron chi connectivity index (χ2n) is 4.41. The van der Waals surface area contributed by atoms with Crippen LogP contribution in [0.4, 0.5) is 5.82 Å². The minimum absolute atomic E-state index is 0.0258. The largest absolute Gasteiger partial charge is 0.377 e. The summed E-state index contributed by atoms with van der Waals surface area (Å²) < 4.78 is 5.40. The predicted octanol–water partition coefficient (Wildman–Crippen LogP) is -0.118. The molecule has 2 heterocycles. The summed E-state index contributed by atoms with van der Waals surface area (Å²) in [5, 5.41) is 2.83. The zero-order valence-electron chi connectivity index (χ0n) is 11.1. The monoisotopic (exact) mass is 264 g/mol. The van der Waals surface area contributed by atoms with Crippen LogP contribution in [0.1, 0.15) is 12.5 Å². The standard InChI is InChI=1S/C13H20N4O2/c1-2-15-13(18)11-9-19-6-5-17(11)12-7-10(8-14)3-4-16-12/h3-4,7,11H,2,5-6,8-9,14H2,1H3,(H,15,18). The molecule has 19 heavy (non-hydrogen) atoms. The Balaban J connectivity index is 2.20. The molecule has 1 amide bonds. The first-order chi connectivity index (χ1) is 9.26. The Hall–Kier alpha value is -1.66. The van der Waals surface area contributed by atoms with Crippen molar-refractivity contribution in [3.05, 3.63) is 23.9 Å². The summed E-state index contributed by atoms with van der Waals surface area (Å²) in [5.41, 5.74) is 6.65. The van der Waals surface area contributed by atoms with Gasteiger partial charge in [-0.2, -0.15) is 0 Å². The van der Waals surface area contributed by atoms with Gasteiger partial charge in [0.1, 0.15) is 11.9 Å². The van der Waals surface area contributed by atoms with Crippen LogP contribution in [0.2, 0.25) is 0 Å². The molecular weight excluding hydrogens is 244 g/mol. The Kier molecular flexibility index (Phi) is 4.70. The van der Waals surface area contributed by atoms with Gasteiger partial charge in [-0.3, -0.25) is 4.79 Å². The molecule has 0 aliphatic carbocycles. The van der Waals surface area contributed by atoms with Crippen LogP contribution in [0.15, 0.2) is 18.3 Å². The number of pyridine rings is 1. The molecule has 1 atom stereocenters. The second kappa shape index (κ2) is 6.49. The van der Waals surface area contributed by atoms with E-state index in [0.717, 1.165) is 11.4 Å². The lowest BCUT2D eigenvalue weighted by Gasteiger charge is -2.35. The Morgan fingerprint density at radius 1 is 1.68 bits per heavy atom. The van der Waals surface area contributed by atoms with Crippen molar-refractivity contribution in [3.8, 4) is 0 Å². The highest BCUT2D eigenvalue weighted by atomic mass is 16.5. The summed E-state index contributed by atoms with van der Waals surface area (Å²) in [6.45, 7) is 4.62. The number of anilines is 1. The molecule has 0 radical (unpaired) electrons. The topological polar surface area (TPSA) is 80.5 Å². The average molecular weight is 264 g/mol. The molecule has 0 spiro atoms. The van der Waals surface area contributed by atoms with E-state index in [4.69, 9.17) is 10.5 Å². The van der Waals surface area contributed by atoms with E-state index in [1.807, 2.05) is 24.0 Å². The number of nitrogens with one attached hydrogen (secondary N) is 1. The summed E-state index contributed by atoms with van der Waals surface area (Å²) >= 11 is 0. The van der Waals surface area contributed by atoms with Crippen LogP contribution in [-0.2, 0) is 16.1 Å². The van der Waals surface area contributed by atoms with Crippen LogP contribution in [-0.4, -0.2) is 43.2 Å². The summed E-state index contributed by atoms with van der Waals surface area (Å²) in [6.07, 6.45) is 1.72. The van der Waals surface area contributed by atoms with Gasteiger partial charge in [0, 0.05) is 25.8 Å². The van der Waals surface area contributed by atoms with Crippen molar-refractivity contribution < 1.29 is 9.53 Å². The molecule has 1 aromatic heterocycles. The first-order valence-corrected chi connectivity index (χ1v) is 6.53. The van der Waals surface area contributed by atoms with Crippen LogP contribution < -0.4 is 16.0 Å². The van der Waals surface area contributed by atoms with Gasteiger partial charge in [-0.25, -0.2) is 4.98 Å². The maximum atomic E-state index is 12.1. The van der Waals surface area contributed by atoms with Gasteiger partial charge < -0.3 is 20.7 Å². The number of likely N-dealkylation sites (N-methyl/N-ethyl adjacent to an activating group) is 1. The third kappa shape index (κ3) is 3.21. The molecule has 0 bridgehead atoms. The third-order valence-corrected chi connectivity index (χ3v) is 3.12. The Morgan fingerprint density at radius 3 is 3.26 bits per heavy atom. The smallest absolute Gasteiger partial charge is 0.245 e. The van der Waals surface area contributed by atoms with Crippen molar-refractivity contribution >= 4 is 11.7 Å². The molecule has 6 nitrogen and oxygen atoms in total. The number of carbonyl (C=O) groups is 1. The van der Waals surface area contributed by atoms with Crippen molar-refractivity contribution in [2.45, 2.75) is 19.5 Å². The lowest BCUT2D eigenvalue weighted by Crippen LogP contribution is -2.54. The molecule has 1 aromatic rings. The molecular formula is C13H20N4O2. The van der Waals surface area contributed by atoms with Crippen molar-refractivity contribution in [1.82, 2.24) is 10.3 Å². The highest BCUT2D eigenvalue weighted by molar-refractivity contribution is 5.85. The number of hydrogen-bond acceptors (Lipinski definition) is 5. The van der Waals surface area contributed by atoms with E-state index in [1.165, 1.54) is 0 Å². The Labute approximate surface area is 112 Å². The fourth-order valence-corrected chi connectivity index (χ4v) is 2.13. The number of amides is 1. The van der Waals surface area contributed by atoms with Gasteiger partial charge in [0.05, 0.1) is 13.2 Å². The minimum atomic E-state index is -0.325. The molecule has 1 aliphatic heterocycles. The Bertz CT molecular complexity index is 438. The summed E-state index contributed by atoms with van der Waals surface area (Å²) in [4.78, 5) is 18.4. The molecule has 0 saturated carbocycles. The van der Waals surface area contributed by atoms with Gasteiger partial charge in [0.15, 0.2) is 0 Å². The SMILES string of the molecule is CCNC(=O)C1COCCN1c1cc(CN)ccn1. The number of carbonyl (C=O) groups excluding carboxylic acids is 1. The van der Waals surface area contributed by atoms with Crippen LogP contribution in [0.3, 0.4) is 0 Å². The number of nitrogens with zero attached hydrogens (tertiary/aromatic N) is 2. The van der Waals surface area contributed by atoms with E-state index in [9.17, 15) is 4.79 Å². The molecule has 1 saturated heterocycles. The van der Waals surface area contributed by atoms with Gasteiger partial charge in [-0.05, 0) is 24.6 Å². The van der Waals surface area contributed by atoms with Crippen LogP contribution >= 0.6 is 0 Å². The van der Waals surface area contributed by atoms with Crippen LogP contribution in [0.25, 0.3) is 0 Å².